The van der Waals surface area contributed by atoms with Crippen LogP contribution < -0.4 is 11.2 Å². The molecule has 3 rings (SSSR count). The monoisotopic (exact) mass is 409 g/mol. The second-order valence-corrected chi connectivity index (χ2v) is 7.31. The molecule has 0 N–H and O–H groups in total. The zero-order chi connectivity index (χ0) is 21.8. The van der Waals surface area contributed by atoms with E-state index in [-0.39, 0.29) is 19.0 Å². The van der Waals surface area contributed by atoms with Gasteiger partial charge in [-0.25, -0.2) is 14.3 Å². The number of hydrogen-bond donors (Lipinski definition) is 0. The third-order valence-corrected chi connectivity index (χ3v) is 5.00. The minimum absolute atomic E-state index is 0.259. The minimum atomic E-state index is -0.544. The second-order valence-electron chi connectivity index (χ2n) is 7.31. The van der Waals surface area contributed by atoms with Gasteiger partial charge in [0.1, 0.15) is 6.54 Å². The van der Waals surface area contributed by atoms with Crippen LogP contribution in [0.5, 0.6) is 0 Å². The first kappa shape index (κ1) is 21.3. The summed E-state index contributed by atoms with van der Waals surface area (Å²) in [6.45, 7) is 10.7. The van der Waals surface area contributed by atoms with Gasteiger partial charge in [-0.2, -0.15) is 0 Å². The van der Waals surface area contributed by atoms with E-state index >= 15 is 0 Å². The summed E-state index contributed by atoms with van der Waals surface area (Å²) in [4.78, 5) is 45.2. The number of nitrogens with zero attached hydrogens (tertiary/aromatic N) is 5. The number of fused-ring (bicyclic) bond motifs is 1. The average molecular weight is 409 g/mol. The standard InChI is InChI=1S/C22H27N5O3/c1-5-24(12-16(3)4)18(28)14-27-21(29)19-20(23-15-25(19)6-2)26(22(27)30)13-17-10-8-7-9-11-17/h7-11,15H,3,5-6,12-14H2,1-2,4H3. The van der Waals surface area contributed by atoms with E-state index < -0.39 is 11.2 Å². The zero-order valence-electron chi connectivity index (χ0n) is 17.7. The minimum Gasteiger partial charge on any atom is -0.337 e. The van der Waals surface area contributed by atoms with E-state index in [0.29, 0.717) is 30.8 Å². The number of imidazole rings is 1. The lowest BCUT2D eigenvalue weighted by molar-refractivity contribution is -0.131. The lowest BCUT2D eigenvalue weighted by Gasteiger charge is -2.21. The molecule has 2 heterocycles. The van der Waals surface area contributed by atoms with Crippen LogP contribution in [0, 0.1) is 0 Å². The van der Waals surface area contributed by atoms with Crippen LogP contribution in [0.3, 0.4) is 0 Å². The molecule has 0 saturated heterocycles. The van der Waals surface area contributed by atoms with Crippen LogP contribution in [0.4, 0.5) is 0 Å². The molecule has 0 saturated carbocycles. The van der Waals surface area contributed by atoms with E-state index in [1.54, 1.807) is 15.8 Å². The van der Waals surface area contributed by atoms with Crippen LogP contribution in [-0.4, -0.2) is 42.6 Å². The summed E-state index contributed by atoms with van der Waals surface area (Å²) in [7, 11) is 0. The van der Waals surface area contributed by atoms with Crippen molar-refractivity contribution < 1.29 is 4.79 Å². The molecular weight excluding hydrogens is 382 g/mol. The molecule has 1 aromatic carbocycles. The molecule has 3 aromatic rings. The van der Waals surface area contributed by atoms with Gasteiger partial charge in [0, 0.05) is 19.6 Å². The molecule has 0 aliphatic carbocycles. The number of likely N-dealkylation sites (N-methyl/N-ethyl adjacent to an activating group) is 1. The van der Waals surface area contributed by atoms with Crippen molar-refractivity contribution in [1.29, 1.82) is 0 Å². The van der Waals surface area contributed by atoms with E-state index in [1.807, 2.05) is 51.1 Å². The van der Waals surface area contributed by atoms with Crippen LogP contribution in [0.2, 0.25) is 0 Å². The fourth-order valence-electron chi connectivity index (χ4n) is 3.46. The van der Waals surface area contributed by atoms with Gasteiger partial charge in [-0.1, -0.05) is 42.5 Å². The Morgan fingerprint density at radius 3 is 2.43 bits per heavy atom. The Labute approximate surface area is 174 Å². The highest BCUT2D eigenvalue weighted by Crippen LogP contribution is 2.10. The summed E-state index contributed by atoms with van der Waals surface area (Å²) < 4.78 is 4.17. The molecule has 0 aliphatic heterocycles. The fraction of sp³-hybridized carbons (Fsp3) is 0.364. The van der Waals surface area contributed by atoms with Gasteiger partial charge in [0.2, 0.25) is 5.91 Å². The van der Waals surface area contributed by atoms with E-state index in [4.69, 9.17) is 0 Å². The Kier molecular flexibility index (Phi) is 6.34. The molecule has 158 valence electrons. The normalized spacial score (nSPS) is 11.0. The predicted octanol–water partition coefficient (Wildman–Crippen LogP) is 1.85. The Morgan fingerprint density at radius 2 is 1.83 bits per heavy atom. The maximum atomic E-state index is 13.3. The highest BCUT2D eigenvalue weighted by Gasteiger charge is 2.21. The lowest BCUT2D eigenvalue weighted by atomic mass is 10.2. The molecule has 0 fully saturated rings. The lowest BCUT2D eigenvalue weighted by Crippen LogP contribution is -2.45. The van der Waals surface area contributed by atoms with Crippen molar-refractivity contribution in [2.75, 3.05) is 13.1 Å². The molecule has 30 heavy (non-hydrogen) atoms. The van der Waals surface area contributed by atoms with Gasteiger partial charge in [0.25, 0.3) is 5.56 Å². The summed E-state index contributed by atoms with van der Waals surface area (Å²) in [5.74, 6) is -0.298. The quantitative estimate of drug-likeness (QED) is 0.532. The highest BCUT2D eigenvalue weighted by atomic mass is 16.2. The van der Waals surface area contributed by atoms with Crippen molar-refractivity contribution in [3.05, 3.63) is 75.2 Å². The fourth-order valence-corrected chi connectivity index (χ4v) is 3.46. The van der Waals surface area contributed by atoms with Crippen molar-refractivity contribution in [2.24, 2.45) is 0 Å². The van der Waals surface area contributed by atoms with Crippen molar-refractivity contribution >= 4 is 17.1 Å². The summed E-state index contributed by atoms with van der Waals surface area (Å²) in [5, 5.41) is 0. The van der Waals surface area contributed by atoms with Gasteiger partial charge >= 0.3 is 5.69 Å². The van der Waals surface area contributed by atoms with Gasteiger partial charge in [-0.3, -0.25) is 14.2 Å². The Hall–Kier alpha value is -3.42. The van der Waals surface area contributed by atoms with Crippen LogP contribution in [0.25, 0.3) is 11.2 Å². The number of amides is 1. The first-order valence-corrected chi connectivity index (χ1v) is 10.0. The molecule has 2 aromatic heterocycles. The number of benzene rings is 1. The van der Waals surface area contributed by atoms with Gasteiger partial charge in [0.05, 0.1) is 12.9 Å². The maximum absolute atomic E-state index is 13.3. The summed E-state index contributed by atoms with van der Waals surface area (Å²) >= 11 is 0. The SMILES string of the molecule is C=C(C)CN(CC)C(=O)Cn1c(=O)c2c(ncn2CC)n(Cc2ccccc2)c1=O. The maximum Gasteiger partial charge on any atom is 0.333 e. The van der Waals surface area contributed by atoms with E-state index in [1.165, 1.54) is 4.57 Å². The third kappa shape index (κ3) is 4.12. The molecule has 8 nitrogen and oxygen atoms in total. The Bertz CT molecular complexity index is 1190. The van der Waals surface area contributed by atoms with E-state index in [9.17, 15) is 14.4 Å². The predicted molar refractivity (Wildman–Crippen MR) is 117 cm³/mol. The number of aryl methyl sites for hydroxylation is 1. The number of carbonyl (C=O) groups is 1. The molecule has 0 bridgehead atoms. The third-order valence-electron chi connectivity index (χ3n) is 5.00. The summed E-state index contributed by atoms with van der Waals surface area (Å²) in [5.41, 5.74) is 1.34. The number of aromatic nitrogens is 4. The topological polar surface area (TPSA) is 82.1 Å². The molecular formula is C22H27N5O3. The van der Waals surface area contributed by atoms with Gasteiger partial charge in [0.15, 0.2) is 11.2 Å². The first-order chi connectivity index (χ1) is 14.4. The molecule has 0 spiro atoms. The van der Waals surface area contributed by atoms with Crippen LogP contribution in [0.15, 0.2) is 58.4 Å². The van der Waals surface area contributed by atoms with Gasteiger partial charge in [-0.15, -0.1) is 0 Å². The number of hydrogen-bond acceptors (Lipinski definition) is 4. The van der Waals surface area contributed by atoms with E-state index in [0.717, 1.165) is 15.7 Å². The largest absolute Gasteiger partial charge is 0.337 e. The molecule has 8 heteroatoms. The second kappa shape index (κ2) is 8.94. The molecule has 1 amide bonds. The smallest absolute Gasteiger partial charge is 0.333 e. The van der Waals surface area contributed by atoms with E-state index in [2.05, 4.69) is 11.6 Å². The van der Waals surface area contributed by atoms with Gasteiger partial charge in [-0.05, 0) is 26.3 Å². The average Bonchev–Trinajstić information content (AvgIpc) is 3.17. The van der Waals surface area contributed by atoms with Crippen LogP contribution >= 0.6 is 0 Å². The van der Waals surface area contributed by atoms with Crippen molar-refractivity contribution in [3.8, 4) is 0 Å². The zero-order valence-corrected chi connectivity index (χ0v) is 17.7. The first-order valence-electron chi connectivity index (χ1n) is 10.0. The summed E-state index contributed by atoms with van der Waals surface area (Å²) in [6, 6.07) is 9.48. The Balaban J connectivity index is 2.14. The highest BCUT2D eigenvalue weighted by molar-refractivity contribution is 5.77. The molecule has 0 atom stereocenters. The van der Waals surface area contributed by atoms with Crippen LogP contribution in [0.1, 0.15) is 26.3 Å². The van der Waals surface area contributed by atoms with Crippen molar-refractivity contribution in [2.45, 2.75) is 40.4 Å². The molecule has 0 radical (unpaired) electrons. The summed E-state index contributed by atoms with van der Waals surface area (Å²) in [6.07, 6.45) is 1.55. The number of carbonyl (C=O) groups excluding carboxylic acids is 1. The molecule has 0 unspecified atom stereocenters. The van der Waals surface area contributed by atoms with Crippen molar-refractivity contribution in [3.63, 3.8) is 0 Å². The van der Waals surface area contributed by atoms with Gasteiger partial charge < -0.3 is 9.47 Å². The Morgan fingerprint density at radius 1 is 1.13 bits per heavy atom. The van der Waals surface area contributed by atoms with Crippen LogP contribution in [-0.2, 0) is 24.4 Å². The molecule has 0 aliphatic rings. The van der Waals surface area contributed by atoms with Crippen molar-refractivity contribution in [1.82, 2.24) is 23.6 Å². The number of rotatable bonds is 8.